The van der Waals surface area contributed by atoms with E-state index < -0.39 is 0 Å². The van der Waals surface area contributed by atoms with Gasteiger partial charge in [-0.25, -0.2) is 0 Å². The van der Waals surface area contributed by atoms with Crippen molar-refractivity contribution < 1.29 is 4.79 Å². The Kier molecular flexibility index (Phi) is 4.90. The van der Waals surface area contributed by atoms with E-state index >= 15 is 0 Å². The molecule has 1 amide bonds. The topological polar surface area (TPSA) is 52.9 Å². The Balaban J connectivity index is 3.45. The molecule has 1 radical (unpaired) electrons. The molecular formula is C9H19N2O. The molecule has 0 aromatic carbocycles. The summed E-state index contributed by atoms with van der Waals surface area (Å²) in [5.74, 6) is 0.0903. The maximum atomic E-state index is 11.3. The van der Waals surface area contributed by atoms with Gasteiger partial charge < -0.3 is 5.32 Å². The van der Waals surface area contributed by atoms with Crippen molar-refractivity contribution in [2.75, 3.05) is 13.1 Å². The van der Waals surface area contributed by atoms with Crippen molar-refractivity contribution >= 4 is 5.91 Å². The van der Waals surface area contributed by atoms with Crippen LogP contribution in [0.4, 0.5) is 0 Å². The molecule has 0 aliphatic carbocycles. The van der Waals surface area contributed by atoms with E-state index in [0.29, 0.717) is 13.1 Å². The van der Waals surface area contributed by atoms with Gasteiger partial charge in [0.1, 0.15) is 0 Å². The van der Waals surface area contributed by atoms with Crippen LogP contribution >= 0.6 is 0 Å². The Bertz CT molecular complexity index is 138. The first-order chi connectivity index (χ1) is 5.48. The van der Waals surface area contributed by atoms with Crippen molar-refractivity contribution in [3.8, 4) is 0 Å². The molecule has 71 valence electrons. The van der Waals surface area contributed by atoms with Crippen molar-refractivity contribution in [1.29, 1.82) is 0 Å². The summed E-state index contributed by atoms with van der Waals surface area (Å²) in [5.41, 5.74) is 6.61. The van der Waals surface area contributed by atoms with Crippen LogP contribution < -0.4 is 11.1 Å². The normalized spacial score (nSPS) is 11.3. The highest BCUT2D eigenvalue weighted by atomic mass is 16.2. The monoisotopic (exact) mass is 171 g/mol. The van der Waals surface area contributed by atoms with Gasteiger partial charge in [-0.15, -0.1) is 0 Å². The summed E-state index contributed by atoms with van der Waals surface area (Å²) in [7, 11) is 0. The molecule has 0 bridgehead atoms. The lowest BCUT2D eigenvalue weighted by atomic mass is 9.96. The van der Waals surface area contributed by atoms with Crippen LogP contribution in [0, 0.1) is 5.41 Å². The lowest BCUT2D eigenvalue weighted by Crippen LogP contribution is -2.35. The minimum Gasteiger partial charge on any atom is -0.356 e. The molecule has 12 heavy (non-hydrogen) atoms. The largest absolute Gasteiger partial charge is 0.356 e. The molecule has 0 fully saturated rings. The van der Waals surface area contributed by atoms with Gasteiger partial charge in [0.15, 0.2) is 0 Å². The van der Waals surface area contributed by atoms with Crippen LogP contribution in [0.2, 0.25) is 0 Å². The van der Waals surface area contributed by atoms with E-state index in [4.69, 9.17) is 5.73 Å². The molecule has 2 N–H and O–H groups in total. The lowest BCUT2D eigenvalue weighted by molar-refractivity contribution is -0.128. The van der Waals surface area contributed by atoms with Gasteiger partial charge in [0.25, 0.3) is 0 Å². The number of hydrogen-bond acceptors (Lipinski definition) is 1. The number of hydrogen-bond donors (Lipinski definition) is 1. The fourth-order valence-electron chi connectivity index (χ4n) is 0.717. The first-order valence-corrected chi connectivity index (χ1v) is 4.41. The highest BCUT2D eigenvalue weighted by Gasteiger charge is 2.19. The molecular weight excluding hydrogens is 152 g/mol. The van der Waals surface area contributed by atoms with Gasteiger partial charge in [0, 0.05) is 18.5 Å². The van der Waals surface area contributed by atoms with Gasteiger partial charge in [0.2, 0.25) is 5.91 Å². The number of nitrogens with one attached hydrogen (secondary N) is 2. The molecule has 0 unspecified atom stereocenters. The average molecular weight is 171 g/mol. The second-order valence-electron chi connectivity index (χ2n) is 3.96. The number of carbonyl (C=O) groups excluding carboxylic acids is 1. The third kappa shape index (κ3) is 5.13. The van der Waals surface area contributed by atoms with Gasteiger partial charge in [-0.05, 0) is 12.8 Å². The molecule has 0 rings (SSSR count). The zero-order valence-electron chi connectivity index (χ0n) is 8.24. The molecule has 0 aliphatic rings. The predicted molar refractivity (Wildman–Crippen MR) is 49.7 cm³/mol. The maximum Gasteiger partial charge on any atom is 0.225 e. The SMILES string of the molecule is CC(C)(C)C(=O)NCCCC[NH]. The molecule has 0 saturated heterocycles. The van der Waals surface area contributed by atoms with Crippen LogP contribution in [-0.4, -0.2) is 19.0 Å². The lowest BCUT2D eigenvalue weighted by Gasteiger charge is -2.17. The van der Waals surface area contributed by atoms with Crippen LogP contribution in [0.5, 0.6) is 0 Å². The standard InChI is InChI=1S/C9H19N2O/c1-9(2,3)8(12)11-7-5-4-6-10/h10H,4-7H2,1-3H3,(H,11,12). The van der Waals surface area contributed by atoms with Crippen LogP contribution in [0.15, 0.2) is 0 Å². The summed E-state index contributed by atoms with van der Waals surface area (Å²) in [6.45, 7) is 6.84. The maximum absolute atomic E-state index is 11.3. The van der Waals surface area contributed by atoms with Crippen molar-refractivity contribution in [2.24, 2.45) is 5.41 Å². The van der Waals surface area contributed by atoms with E-state index in [2.05, 4.69) is 5.32 Å². The summed E-state index contributed by atoms with van der Waals surface area (Å²) in [6.07, 6.45) is 1.77. The average Bonchev–Trinajstić information content (AvgIpc) is 1.96. The van der Waals surface area contributed by atoms with Gasteiger partial charge in [-0.1, -0.05) is 20.8 Å². The first kappa shape index (κ1) is 11.4. The van der Waals surface area contributed by atoms with Crippen molar-refractivity contribution in [2.45, 2.75) is 33.6 Å². The smallest absolute Gasteiger partial charge is 0.225 e. The highest BCUT2D eigenvalue weighted by Crippen LogP contribution is 2.12. The second kappa shape index (κ2) is 5.14. The van der Waals surface area contributed by atoms with E-state index in [1.165, 1.54) is 0 Å². The number of carbonyl (C=O) groups is 1. The first-order valence-electron chi connectivity index (χ1n) is 4.41. The number of unbranched alkanes of at least 4 members (excludes halogenated alkanes) is 1. The quantitative estimate of drug-likeness (QED) is 0.635. The minimum absolute atomic E-state index is 0.0903. The van der Waals surface area contributed by atoms with Gasteiger partial charge in [-0.2, -0.15) is 0 Å². The molecule has 0 atom stereocenters. The summed E-state index contributed by atoms with van der Waals surface area (Å²) in [6, 6.07) is 0. The van der Waals surface area contributed by atoms with Gasteiger partial charge >= 0.3 is 0 Å². The summed E-state index contributed by atoms with van der Waals surface area (Å²) in [4.78, 5) is 11.3. The minimum atomic E-state index is -0.291. The summed E-state index contributed by atoms with van der Waals surface area (Å²) in [5, 5.41) is 2.84. The van der Waals surface area contributed by atoms with Crippen molar-refractivity contribution in [3.05, 3.63) is 0 Å². The Morgan fingerprint density at radius 2 is 1.92 bits per heavy atom. The predicted octanol–water partition coefficient (Wildman–Crippen LogP) is 1.21. The van der Waals surface area contributed by atoms with Crippen LogP contribution in [0.25, 0.3) is 0 Å². The van der Waals surface area contributed by atoms with Gasteiger partial charge in [-0.3, -0.25) is 10.5 Å². The fraction of sp³-hybridized carbons (Fsp3) is 0.889. The third-order valence-electron chi connectivity index (χ3n) is 1.57. The molecule has 0 aliphatic heterocycles. The fourth-order valence-corrected chi connectivity index (χ4v) is 0.717. The molecule has 3 heteroatoms. The van der Waals surface area contributed by atoms with Crippen molar-refractivity contribution in [3.63, 3.8) is 0 Å². The van der Waals surface area contributed by atoms with E-state index in [9.17, 15) is 4.79 Å². The van der Waals surface area contributed by atoms with E-state index in [1.54, 1.807) is 0 Å². The molecule has 0 aromatic heterocycles. The number of rotatable bonds is 4. The molecule has 0 aromatic rings. The van der Waals surface area contributed by atoms with Crippen molar-refractivity contribution in [1.82, 2.24) is 11.1 Å². The zero-order chi connectivity index (χ0) is 9.61. The Hall–Kier alpha value is -0.570. The van der Waals surface area contributed by atoms with Crippen LogP contribution in [0.3, 0.4) is 0 Å². The van der Waals surface area contributed by atoms with E-state index in [1.807, 2.05) is 20.8 Å². The Morgan fingerprint density at radius 3 is 2.33 bits per heavy atom. The highest BCUT2D eigenvalue weighted by molar-refractivity contribution is 5.81. The molecule has 3 nitrogen and oxygen atoms in total. The summed E-state index contributed by atoms with van der Waals surface area (Å²) < 4.78 is 0. The third-order valence-corrected chi connectivity index (χ3v) is 1.57. The number of amides is 1. The molecule has 0 heterocycles. The van der Waals surface area contributed by atoms with Gasteiger partial charge in [0.05, 0.1) is 0 Å². The van der Waals surface area contributed by atoms with Crippen LogP contribution in [0.1, 0.15) is 33.6 Å². The molecule has 0 spiro atoms. The Morgan fingerprint density at radius 1 is 1.33 bits per heavy atom. The summed E-state index contributed by atoms with van der Waals surface area (Å²) >= 11 is 0. The second-order valence-corrected chi connectivity index (χ2v) is 3.96. The molecule has 0 saturated carbocycles. The van der Waals surface area contributed by atoms with E-state index in [0.717, 1.165) is 12.8 Å². The van der Waals surface area contributed by atoms with Crippen LogP contribution in [-0.2, 0) is 4.79 Å². The Labute approximate surface area is 74.7 Å². The van der Waals surface area contributed by atoms with E-state index in [-0.39, 0.29) is 11.3 Å². The zero-order valence-corrected chi connectivity index (χ0v) is 8.24.